The standard InChI is InChI=1S/C14H22O5.C3H4O2/c1-3-6-16-10-12(2)14(15)19-9-8-17-11-13-5-4-7-18-13;1-2-3(4)5/h3,13H,1-2,4-11H2;2H,1H2,(H,4,5). The highest BCUT2D eigenvalue weighted by Crippen LogP contribution is 2.11. The molecule has 7 nitrogen and oxygen atoms in total. The molecule has 0 radical (unpaired) electrons. The van der Waals surface area contributed by atoms with E-state index in [9.17, 15) is 9.59 Å². The van der Waals surface area contributed by atoms with Gasteiger partial charge in [-0.1, -0.05) is 19.2 Å². The van der Waals surface area contributed by atoms with Crippen LogP contribution < -0.4 is 0 Å². The number of hydrogen-bond acceptors (Lipinski definition) is 6. The summed E-state index contributed by atoms with van der Waals surface area (Å²) in [6, 6.07) is 0. The van der Waals surface area contributed by atoms with Crippen LogP contribution in [0, 0.1) is 0 Å². The number of carboxylic acid groups (broad SMARTS) is 1. The second-order valence-corrected chi connectivity index (χ2v) is 4.80. The number of carbonyl (C=O) groups excluding carboxylic acids is 1. The predicted octanol–water partition coefficient (Wildman–Crippen LogP) is 1.74. The first-order valence-electron chi connectivity index (χ1n) is 7.59. The molecule has 1 aliphatic rings. The van der Waals surface area contributed by atoms with Crippen molar-refractivity contribution in [3.63, 3.8) is 0 Å². The van der Waals surface area contributed by atoms with E-state index < -0.39 is 11.9 Å². The highest BCUT2D eigenvalue weighted by molar-refractivity contribution is 5.87. The van der Waals surface area contributed by atoms with E-state index in [-0.39, 0.29) is 19.3 Å². The van der Waals surface area contributed by atoms with Gasteiger partial charge in [0, 0.05) is 12.7 Å². The first-order chi connectivity index (χ1) is 11.5. The zero-order valence-corrected chi connectivity index (χ0v) is 13.9. The molecule has 0 aromatic heterocycles. The smallest absolute Gasteiger partial charge is 0.335 e. The lowest BCUT2D eigenvalue weighted by Gasteiger charge is -2.10. The van der Waals surface area contributed by atoms with Crippen molar-refractivity contribution in [1.29, 1.82) is 0 Å². The minimum absolute atomic E-state index is 0.154. The second-order valence-electron chi connectivity index (χ2n) is 4.80. The molecule has 0 saturated carbocycles. The van der Waals surface area contributed by atoms with Crippen LogP contribution in [0.15, 0.2) is 37.5 Å². The number of carbonyl (C=O) groups is 2. The molecule has 1 N–H and O–H groups in total. The Labute approximate surface area is 142 Å². The van der Waals surface area contributed by atoms with Gasteiger partial charge in [0.25, 0.3) is 0 Å². The molecule has 136 valence electrons. The van der Waals surface area contributed by atoms with Crippen LogP contribution in [0.25, 0.3) is 0 Å². The van der Waals surface area contributed by atoms with Crippen LogP contribution in [-0.4, -0.2) is 62.8 Å². The van der Waals surface area contributed by atoms with E-state index in [1.807, 2.05) is 0 Å². The summed E-state index contributed by atoms with van der Waals surface area (Å²) in [4.78, 5) is 20.7. The first-order valence-corrected chi connectivity index (χ1v) is 7.59. The minimum Gasteiger partial charge on any atom is -0.478 e. The van der Waals surface area contributed by atoms with E-state index >= 15 is 0 Å². The molecule has 0 aliphatic carbocycles. The van der Waals surface area contributed by atoms with E-state index in [1.54, 1.807) is 6.08 Å². The summed E-state index contributed by atoms with van der Waals surface area (Å²) in [6.07, 6.45) is 4.76. The van der Waals surface area contributed by atoms with Crippen LogP contribution in [0.3, 0.4) is 0 Å². The van der Waals surface area contributed by atoms with Gasteiger partial charge in [-0.3, -0.25) is 0 Å². The van der Waals surface area contributed by atoms with Crippen molar-refractivity contribution in [2.75, 3.05) is 39.6 Å². The molecule has 1 aliphatic heterocycles. The summed E-state index contributed by atoms with van der Waals surface area (Å²) in [5, 5.41) is 7.60. The van der Waals surface area contributed by atoms with E-state index in [2.05, 4.69) is 19.7 Å². The van der Waals surface area contributed by atoms with Crippen molar-refractivity contribution < 1.29 is 33.6 Å². The van der Waals surface area contributed by atoms with E-state index in [4.69, 9.17) is 24.1 Å². The van der Waals surface area contributed by atoms with E-state index in [0.717, 1.165) is 25.5 Å². The number of carboxylic acids is 1. The molecule has 1 saturated heterocycles. The molecule has 0 amide bonds. The van der Waals surface area contributed by atoms with Crippen molar-refractivity contribution in [2.24, 2.45) is 0 Å². The molecule has 1 atom stereocenters. The number of esters is 1. The maximum absolute atomic E-state index is 11.4. The lowest BCUT2D eigenvalue weighted by Crippen LogP contribution is -2.18. The first kappa shape index (κ1) is 22.0. The zero-order valence-electron chi connectivity index (χ0n) is 13.9. The molecule has 0 spiro atoms. The van der Waals surface area contributed by atoms with E-state index in [1.165, 1.54) is 0 Å². The zero-order chi connectivity index (χ0) is 18.2. The van der Waals surface area contributed by atoms with Crippen LogP contribution in [0.4, 0.5) is 0 Å². The van der Waals surface area contributed by atoms with Crippen LogP contribution in [0.1, 0.15) is 12.8 Å². The topological polar surface area (TPSA) is 91.3 Å². The summed E-state index contributed by atoms with van der Waals surface area (Å²) in [7, 11) is 0. The molecule has 7 heteroatoms. The Morgan fingerprint density at radius 2 is 1.96 bits per heavy atom. The SMILES string of the molecule is C=CC(=O)O.C=CCOCC(=C)C(=O)OCCOCC1CCCO1. The van der Waals surface area contributed by atoms with Crippen molar-refractivity contribution >= 4 is 11.9 Å². The molecular formula is C17H26O7. The van der Waals surface area contributed by atoms with Gasteiger partial charge in [-0.05, 0) is 12.8 Å². The van der Waals surface area contributed by atoms with Gasteiger partial charge in [-0.2, -0.15) is 0 Å². The molecule has 1 unspecified atom stereocenters. The van der Waals surface area contributed by atoms with Crippen molar-refractivity contribution in [1.82, 2.24) is 0 Å². The van der Waals surface area contributed by atoms with Gasteiger partial charge in [0.15, 0.2) is 0 Å². The summed E-state index contributed by atoms with van der Waals surface area (Å²) >= 11 is 0. The Morgan fingerprint density at radius 3 is 2.50 bits per heavy atom. The molecule has 0 bridgehead atoms. The maximum atomic E-state index is 11.4. The predicted molar refractivity (Wildman–Crippen MR) is 88.7 cm³/mol. The van der Waals surface area contributed by atoms with E-state index in [0.29, 0.717) is 25.4 Å². The van der Waals surface area contributed by atoms with Gasteiger partial charge in [-0.15, -0.1) is 6.58 Å². The Bertz CT molecular complexity index is 411. The summed E-state index contributed by atoms with van der Waals surface area (Å²) in [5.74, 6) is -1.44. The third kappa shape index (κ3) is 12.6. The Hall–Kier alpha value is -1.96. The molecule has 0 aromatic carbocycles. The number of aliphatic carboxylic acids is 1. The van der Waals surface area contributed by atoms with Crippen LogP contribution in [0.2, 0.25) is 0 Å². The molecule has 0 aromatic rings. The van der Waals surface area contributed by atoms with Gasteiger partial charge < -0.3 is 24.1 Å². The lowest BCUT2D eigenvalue weighted by atomic mass is 10.2. The molecule has 24 heavy (non-hydrogen) atoms. The maximum Gasteiger partial charge on any atom is 0.335 e. The Morgan fingerprint density at radius 1 is 1.25 bits per heavy atom. The quantitative estimate of drug-likeness (QED) is 0.265. The summed E-state index contributed by atoms with van der Waals surface area (Å²) < 4.78 is 20.9. The average Bonchev–Trinajstić information content (AvgIpc) is 3.08. The fraction of sp³-hybridized carbons (Fsp3) is 0.529. The number of ether oxygens (including phenoxy) is 4. The lowest BCUT2D eigenvalue weighted by molar-refractivity contribution is -0.141. The third-order valence-electron chi connectivity index (χ3n) is 2.76. The minimum atomic E-state index is -0.981. The van der Waals surface area contributed by atoms with Crippen LogP contribution in [0.5, 0.6) is 0 Å². The van der Waals surface area contributed by atoms with Gasteiger partial charge in [0.1, 0.15) is 6.61 Å². The molecule has 1 heterocycles. The molecule has 1 rings (SSSR count). The monoisotopic (exact) mass is 342 g/mol. The second kappa shape index (κ2) is 14.6. The largest absolute Gasteiger partial charge is 0.478 e. The van der Waals surface area contributed by atoms with Gasteiger partial charge in [0.2, 0.25) is 0 Å². The number of rotatable bonds is 11. The Kier molecular flexibility index (Phi) is 13.4. The Balaban J connectivity index is 0.000000922. The molecular weight excluding hydrogens is 316 g/mol. The normalized spacial score (nSPS) is 15.8. The van der Waals surface area contributed by atoms with Crippen LogP contribution >= 0.6 is 0 Å². The van der Waals surface area contributed by atoms with Crippen LogP contribution in [-0.2, 0) is 28.5 Å². The van der Waals surface area contributed by atoms with Gasteiger partial charge in [0.05, 0.1) is 38.1 Å². The summed E-state index contributed by atoms with van der Waals surface area (Å²) in [5.41, 5.74) is 0.293. The highest BCUT2D eigenvalue weighted by atomic mass is 16.6. The highest BCUT2D eigenvalue weighted by Gasteiger charge is 2.15. The van der Waals surface area contributed by atoms with Crippen molar-refractivity contribution in [3.8, 4) is 0 Å². The van der Waals surface area contributed by atoms with Crippen molar-refractivity contribution in [2.45, 2.75) is 18.9 Å². The fourth-order valence-corrected chi connectivity index (χ4v) is 1.61. The summed E-state index contributed by atoms with van der Waals surface area (Å²) in [6.45, 7) is 12.6. The third-order valence-corrected chi connectivity index (χ3v) is 2.76. The van der Waals surface area contributed by atoms with Gasteiger partial charge >= 0.3 is 11.9 Å². The molecule has 1 fully saturated rings. The average molecular weight is 342 g/mol. The number of hydrogen-bond donors (Lipinski definition) is 1. The fourth-order valence-electron chi connectivity index (χ4n) is 1.61. The van der Waals surface area contributed by atoms with Gasteiger partial charge in [-0.25, -0.2) is 9.59 Å². The van der Waals surface area contributed by atoms with Crippen molar-refractivity contribution in [3.05, 3.63) is 37.5 Å².